The SMILES string of the molecule is COCOc1cc(F)cc(F)c1C(=O)c1ccc(C(=O)O[C@@H]2CCCN(OC(=O)OC(C)(C)C)C[C@H]2NC(=O)c2cc(C)c(OCOC)c(C)c2)cc1. The minimum atomic E-state index is -1.13. The highest BCUT2D eigenvalue weighted by molar-refractivity contribution is 6.11. The largest absolute Gasteiger partial charge is 0.528 e. The molecule has 53 heavy (non-hydrogen) atoms. The Morgan fingerprint density at radius 3 is 2.11 bits per heavy atom. The minimum Gasteiger partial charge on any atom is -0.467 e. The van der Waals surface area contributed by atoms with E-state index in [0.717, 1.165) is 6.07 Å². The van der Waals surface area contributed by atoms with Gasteiger partial charge in [-0.1, -0.05) is 12.1 Å². The summed E-state index contributed by atoms with van der Waals surface area (Å²) in [5.74, 6) is -3.87. The molecule has 4 rings (SSSR count). The maximum absolute atomic E-state index is 14.7. The summed E-state index contributed by atoms with van der Waals surface area (Å²) in [6, 6.07) is 9.16. The van der Waals surface area contributed by atoms with E-state index in [1.807, 2.05) is 0 Å². The average Bonchev–Trinajstić information content (AvgIpc) is 3.26. The van der Waals surface area contributed by atoms with Gasteiger partial charge >= 0.3 is 12.1 Å². The fourth-order valence-electron chi connectivity index (χ4n) is 5.63. The van der Waals surface area contributed by atoms with E-state index in [2.05, 4.69) is 5.32 Å². The third-order valence-corrected chi connectivity index (χ3v) is 7.92. The summed E-state index contributed by atoms with van der Waals surface area (Å²) in [4.78, 5) is 58.4. The van der Waals surface area contributed by atoms with Crippen molar-refractivity contribution < 1.29 is 61.2 Å². The molecule has 1 aliphatic rings. The summed E-state index contributed by atoms with van der Waals surface area (Å²) >= 11 is 0. The smallest absolute Gasteiger partial charge is 0.467 e. The molecule has 3 aromatic carbocycles. The highest BCUT2D eigenvalue weighted by Crippen LogP contribution is 2.28. The van der Waals surface area contributed by atoms with E-state index in [4.69, 9.17) is 33.3 Å². The number of ketones is 1. The summed E-state index contributed by atoms with van der Waals surface area (Å²) in [6.07, 6.45) is -1.10. The van der Waals surface area contributed by atoms with E-state index in [0.29, 0.717) is 34.9 Å². The van der Waals surface area contributed by atoms with Crippen molar-refractivity contribution in [2.24, 2.45) is 0 Å². The standard InChI is InChI=1S/C38H44F2N2O11/c1-22-15-26(16-23(2)34(22)50-21-48-7)35(44)41-29-19-42(53-37(46)52-38(3,4)5)14-8-9-30(29)51-36(45)25-12-10-24(11-13-25)33(43)32-28(40)17-27(39)18-31(32)49-20-47-6/h10-13,15-18,29-30H,8-9,14,19-21H2,1-7H3,(H,41,44)/t29-,30-/m1/s1. The number of amides is 1. The first-order valence-electron chi connectivity index (χ1n) is 16.8. The number of benzene rings is 3. The topological polar surface area (TPSA) is 148 Å². The predicted octanol–water partition coefficient (Wildman–Crippen LogP) is 6.06. The molecule has 1 saturated heterocycles. The summed E-state index contributed by atoms with van der Waals surface area (Å²) in [7, 11) is 2.82. The van der Waals surface area contributed by atoms with E-state index >= 15 is 0 Å². The molecule has 286 valence electrons. The number of halogens is 2. The Hall–Kier alpha value is -5.12. The quantitative estimate of drug-likeness (QED) is 0.123. The van der Waals surface area contributed by atoms with Gasteiger partial charge in [0.25, 0.3) is 5.91 Å². The van der Waals surface area contributed by atoms with Gasteiger partial charge in [0.05, 0.1) is 18.2 Å². The molecule has 3 aromatic rings. The highest BCUT2D eigenvalue weighted by Gasteiger charge is 2.34. The van der Waals surface area contributed by atoms with Crippen LogP contribution in [0.15, 0.2) is 48.5 Å². The molecule has 0 radical (unpaired) electrons. The summed E-state index contributed by atoms with van der Waals surface area (Å²) in [6.45, 7) is 8.59. The molecule has 0 unspecified atom stereocenters. The first-order valence-corrected chi connectivity index (χ1v) is 16.8. The third kappa shape index (κ3) is 11.2. The zero-order chi connectivity index (χ0) is 38.9. The van der Waals surface area contributed by atoms with Crippen molar-refractivity contribution in [1.29, 1.82) is 0 Å². The van der Waals surface area contributed by atoms with Crippen LogP contribution in [0.1, 0.15) is 81.4 Å². The van der Waals surface area contributed by atoms with Crippen LogP contribution >= 0.6 is 0 Å². The minimum absolute atomic E-state index is 0.00640. The molecule has 0 aromatic heterocycles. The van der Waals surface area contributed by atoms with Crippen LogP contribution in [0.2, 0.25) is 0 Å². The van der Waals surface area contributed by atoms with Gasteiger partial charge in [0.15, 0.2) is 19.4 Å². The molecule has 1 fully saturated rings. The lowest BCUT2D eigenvalue weighted by molar-refractivity contribution is -0.144. The van der Waals surface area contributed by atoms with Crippen LogP contribution in [0.3, 0.4) is 0 Å². The van der Waals surface area contributed by atoms with Crippen LogP contribution in [-0.4, -0.2) is 87.5 Å². The Kier molecular flexibility index (Phi) is 13.9. The van der Waals surface area contributed by atoms with Crippen LogP contribution < -0.4 is 14.8 Å². The molecule has 1 N–H and O–H groups in total. The van der Waals surface area contributed by atoms with Gasteiger partial charge in [-0.15, -0.1) is 5.06 Å². The van der Waals surface area contributed by atoms with E-state index in [1.54, 1.807) is 46.8 Å². The number of nitrogens with one attached hydrogen (secondary N) is 1. The molecular formula is C38H44F2N2O11. The number of nitrogens with zero attached hydrogens (tertiary/aromatic N) is 1. The summed E-state index contributed by atoms with van der Waals surface area (Å²) < 4.78 is 60.5. The lowest BCUT2D eigenvalue weighted by atomic mass is 10.0. The molecule has 0 aliphatic carbocycles. The Morgan fingerprint density at radius 1 is 0.868 bits per heavy atom. The van der Waals surface area contributed by atoms with Crippen LogP contribution in [0, 0.1) is 25.5 Å². The summed E-state index contributed by atoms with van der Waals surface area (Å²) in [5.41, 5.74) is 0.474. The van der Waals surface area contributed by atoms with Crippen molar-refractivity contribution >= 4 is 23.8 Å². The number of hydrogen-bond acceptors (Lipinski definition) is 12. The van der Waals surface area contributed by atoms with E-state index in [9.17, 15) is 28.0 Å². The predicted molar refractivity (Wildman–Crippen MR) is 186 cm³/mol. The number of aryl methyl sites for hydroxylation is 2. The van der Waals surface area contributed by atoms with E-state index < -0.39 is 58.8 Å². The maximum atomic E-state index is 14.7. The number of esters is 1. The Bertz CT molecular complexity index is 1770. The molecule has 2 atom stereocenters. The van der Waals surface area contributed by atoms with Gasteiger partial charge in [0, 0.05) is 44.0 Å². The average molecular weight is 743 g/mol. The number of hydroxylamine groups is 2. The molecule has 1 heterocycles. The van der Waals surface area contributed by atoms with E-state index in [1.165, 1.54) is 43.5 Å². The van der Waals surface area contributed by atoms with Gasteiger partial charge < -0.3 is 38.6 Å². The van der Waals surface area contributed by atoms with Gasteiger partial charge in [-0.3, -0.25) is 9.59 Å². The number of ether oxygens (including phenoxy) is 6. The number of methoxy groups -OCH3 is 2. The number of rotatable bonds is 13. The summed E-state index contributed by atoms with van der Waals surface area (Å²) in [5, 5.41) is 4.29. The second kappa shape index (κ2) is 18.1. The Morgan fingerprint density at radius 2 is 1.49 bits per heavy atom. The van der Waals surface area contributed by atoms with Crippen LogP contribution in [0.5, 0.6) is 11.5 Å². The van der Waals surface area contributed by atoms with Gasteiger partial charge in [-0.25, -0.2) is 18.4 Å². The molecule has 0 saturated carbocycles. The van der Waals surface area contributed by atoms with Crippen molar-refractivity contribution in [1.82, 2.24) is 10.4 Å². The van der Waals surface area contributed by atoms with Gasteiger partial charge in [-0.2, -0.15) is 0 Å². The molecule has 0 spiro atoms. The molecule has 0 bridgehead atoms. The van der Waals surface area contributed by atoms with Crippen LogP contribution in [0.25, 0.3) is 0 Å². The van der Waals surface area contributed by atoms with Crippen molar-refractivity contribution in [3.05, 3.63) is 93.5 Å². The number of carbonyl (C=O) groups is 4. The Balaban J connectivity index is 1.55. The third-order valence-electron chi connectivity index (χ3n) is 7.92. The van der Waals surface area contributed by atoms with Crippen molar-refractivity contribution in [2.75, 3.05) is 40.9 Å². The van der Waals surface area contributed by atoms with E-state index in [-0.39, 0.29) is 50.0 Å². The van der Waals surface area contributed by atoms with Crippen LogP contribution in [0.4, 0.5) is 13.6 Å². The second-order valence-corrected chi connectivity index (χ2v) is 13.3. The van der Waals surface area contributed by atoms with Crippen LogP contribution in [-0.2, 0) is 23.8 Å². The first kappa shape index (κ1) is 40.6. The van der Waals surface area contributed by atoms with Crippen molar-refractivity contribution in [3.8, 4) is 11.5 Å². The van der Waals surface area contributed by atoms with Crippen molar-refractivity contribution in [2.45, 2.75) is 65.2 Å². The molecular weight excluding hydrogens is 698 g/mol. The van der Waals surface area contributed by atoms with Crippen molar-refractivity contribution in [3.63, 3.8) is 0 Å². The monoisotopic (exact) mass is 742 g/mol. The molecule has 13 nitrogen and oxygen atoms in total. The Labute approximate surface area is 306 Å². The maximum Gasteiger partial charge on any atom is 0.528 e. The first-order chi connectivity index (χ1) is 25.1. The van der Waals surface area contributed by atoms with Gasteiger partial charge in [0.1, 0.15) is 40.4 Å². The molecule has 15 heteroatoms. The fraction of sp³-hybridized carbons (Fsp3) is 0.421. The van der Waals surface area contributed by atoms with Gasteiger partial charge in [0.2, 0.25) is 0 Å². The lowest BCUT2D eigenvalue weighted by Gasteiger charge is -2.29. The highest BCUT2D eigenvalue weighted by atomic mass is 19.1. The second-order valence-electron chi connectivity index (χ2n) is 13.3. The van der Waals surface area contributed by atoms with Gasteiger partial charge in [-0.05, 0) is 82.9 Å². The molecule has 1 aliphatic heterocycles. The lowest BCUT2D eigenvalue weighted by Crippen LogP contribution is -2.50. The fourth-order valence-corrected chi connectivity index (χ4v) is 5.63. The zero-order valence-corrected chi connectivity index (χ0v) is 30.7. The number of hydrogen-bond donors (Lipinski definition) is 1. The number of carbonyl (C=O) groups excluding carboxylic acids is 4. The molecule has 1 amide bonds. The normalized spacial score (nSPS) is 16.2. The zero-order valence-electron chi connectivity index (χ0n) is 30.7.